The van der Waals surface area contributed by atoms with Crippen LogP contribution in [0.5, 0.6) is 0 Å². The van der Waals surface area contributed by atoms with Gasteiger partial charge in [-0.15, -0.1) is 12.4 Å². The summed E-state index contributed by atoms with van der Waals surface area (Å²) >= 11 is 0. The molecule has 0 aromatic heterocycles. The molecular weight excluding hydrogens is 268 g/mol. The lowest BCUT2D eigenvalue weighted by Gasteiger charge is -2.38. The molecule has 0 spiro atoms. The van der Waals surface area contributed by atoms with Crippen LogP contribution >= 0.6 is 12.4 Å². The second-order valence-corrected chi connectivity index (χ2v) is 8.06. The first-order chi connectivity index (χ1) is 8.99. The number of hydrogen-bond acceptors (Lipinski definition) is 2. The van der Waals surface area contributed by atoms with Crippen LogP contribution in [0.2, 0.25) is 0 Å². The van der Waals surface area contributed by atoms with Gasteiger partial charge in [0.15, 0.2) is 0 Å². The van der Waals surface area contributed by atoms with E-state index >= 15 is 0 Å². The highest BCUT2D eigenvalue weighted by atomic mass is 35.5. The molecule has 1 saturated carbocycles. The number of nitrogens with one attached hydrogen (secondary N) is 1. The maximum Gasteiger partial charge on any atom is 0.00224 e. The first-order valence-corrected chi connectivity index (χ1v) is 8.36. The number of halogens is 1. The molecule has 20 heavy (non-hydrogen) atoms. The molecule has 0 amide bonds. The van der Waals surface area contributed by atoms with Gasteiger partial charge in [-0.3, -0.25) is 0 Å². The largest absolute Gasteiger partial charge is 0.319 e. The predicted octanol–water partition coefficient (Wildman–Crippen LogP) is 3.80. The number of rotatable bonds is 4. The van der Waals surface area contributed by atoms with Crippen molar-refractivity contribution in [2.45, 2.75) is 52.9 Å². The van der Waals surface area contributed by atoms with Crippen LogP contribution in [0, 0.1) is 23.2 Å². The molecule has 2 nitrogen and oxygen atoms in total. The molecule has 0 aromatic carbocycles. The molecule has 1 saturated heterocycles. The average Bonchev–Trinajstić information content (AvgIpc) is 2.77. The van der Waals surface area contributed by atoms with Gasteiger partial charge in [-0.2, -0.15) is 0 Å². The summed E-state index contributed by atoms with van der Waals surface area (Å²) in [5, 5.41) is 3.33. The lowest BCUT2D eigenvalue weighted by molar-refractivity contribution is 0.130. The molecule has 1 atom stereocenters. The van der Waals surface area contributed by atoms with Crippen LogP contribution < -0.4 is 5.32 Å². The molecule has 1 aliphatic heterocycles. The van der Waals surface area contributed by atoms with Crippen molar-refractivity contribution in [1.29, 1.82) is 0 Å². The highest BCUT2D eigenvalue weighted by molar-refractivity contribution is 5.85. The van der Waals surface area contributed by atoms with Gasteiger partial charge in [0, 0.05) is 13.1 Å². The van der Waals surface area contributed by atoms with Gasteiger partial charge in [0.2, 0.25) is 0 Å². The van der Waals surface area contributed by atoms with Crippen LogP contribution in [-0.4, -0.2) is 38.1 Å². The molecule has 2 rings (SSSR count). The molecule has 1 aliphatic carbocycles. The summed E-state index contributed by atoms with van der Waals surface area (Å²) in [4.78, 5) is 2.73. The molecule has 1 N–H and O–H groups in total. The van der Waals surface area contributed by atoms with Crippen LogP contribution in [0.15, 0.2) is 0 Å². The Hall–Kier alpha value is 0.210. The van der Waals surface area contributed by atoms with Crippen LogP contribution in [0.1, 0.15) is 52.9 Å². The smallest absolute Gasteiger partial charge is 0.00224 e. The van der Waals surface area contributed by atoms with E-state index in [4.69, 9.17) is 0 Å². The average molecular weight is 303 g/mol. The first kappa shape index (κ1) is 18.3. The van der Waals surface area contributed by atoms with E-state index in [1.807, 2.05) is 0 Å². The Balaban J connectivity index is 0.00000200. The normalized spacial score (nSPS) is 32.1. The van der Waals surface area contributed by atoms with E-state index in [1.54, 1.807) is 0 Å². The van der Waals surface area contributed by atoms with Crippen molar-refractivity contribution in [1.82, 2.24) is 10.2 Å². The SMILES string of the molecule is CNCC1CCN(CC2CCC(C(C)(C)C)CC2)C1.Cl. The molecule has 2 fully saturated rings. The second kappa shape index (κ2) is 8.00. The third-order valence-electron chi connectivity index (χ3n) is 5.45. The van der Waals surface area contributed by atoms with Gasteiger partial charge in [0.25, 0.3) is 0 Å². The minimum Gasteiger partial charge on any atom is -0.319 e. The zero-order valence-corrected chi connectivity index (χ0v) is 14.8. The fourth-order valence-electron chi connectivity index (χ4n) is 4.11. The minimum absolute atomic E-state index is 0. The molecule has 1 unspecified atom stereocenters. The van der Waals surface area contributed by atoms with Crippen molar-refractivity contribution in [2.75, 3.05) is 33.2 Å². The quantitative estimate of drug-likeness (QED) is 0.850. The lowest BCUT2D eigenvalue weighted by atomic mass is 9.70. The zero-order chi connectivity index (χ0) is 13.9. The minimum atomic E-state index is 0. The number of hydrogen-bond donors (Lipinski definition) is 1. The van der Waals surface area contributed by atoms with Crippen molar-refractivity contribution in [3.63, 3.8) is 0 Å². The molecule has 120 valence electrons. The molecule has 1 heterocycles. The highest BCUT2D eigenvalue weighted by Crippen LogP contribution is 2.40. The van der Waals surface area contributed by atoms with E-state index < -0.39 is 0 Å². The maximum absolute atomic E-state index is 3.33. The third-order valence-corrected chi connectivity index (χ3v) is 5.45. The van der Waals surface area contributed by atoms with E-state index in [1.165, 1.54) is 58.3 Å². The van der Waals surface area contributed by atoms with Gasteiger partial charge >= 0.3 is 0 Å². The number of likely N-dealkylation sites (tertiary alicyclic amines) is 1. The summed E-state index contributed by atoms with van der Waals surface area (Å²) < 4.78 is 0. The van der Waals surface area contributed by atoms with E-state index in [2.05, 4.69) is 38.0 Å². The van der Waals surface area contributed by atoms with Gasteiger partial charge < -0.3 is 10.2 Å². The zero-order valence-electron chi connectivity index (χ0n) is 14.0. The van der Waals surface area contributed by atoms with Crippen LogP contribution in [0.4, 0.5) is 0 Å². The summed E-state index contributed by atoms with van der Waals surface area (Å²) in [6, 6.07) is 0. The van der Waals surface area contributed by atoms with Gasteiger partial charge in [-0.05, 0) is 75.4 Å². The Labute approximate surface area is 132 Å². The predicted molar refractivity (Wildman–Crippen MR) is 90.6 cm³/mol. The van der Waals surface area contributed by atoms with E-state index in [0.29, 0.717) is 5.41 Å². The number of nitrogens with zero attached hydrogens (tertiary/aromatic N) is 1. The Morgan fingerprint density at radius 3 is 2.20 bits per heavy atom. The van der Waals surface area contributed by atoms with Gasteiger partial charge in [-0.25, -0.2) is 0 Å². The molecule has 0 aromatic rings. The summed E-state index contributed by atoms with van der Waals surface area (Å²) in [7, 11) is 2.08. The summed E-state index contributed by atoms with van der Waals surface area (Å²) in [5.41, 5.74) is 0.524. The van der Waals surface area contributed by atoms with Gasteiger partial charge in [0.05, 0.1) is 0 Å². The van der Waals surface area contributed by atoms with Crippen LogP contribution in [-0.2, 0) is 0 Å². The van der Waals surface area contributed by atoms with Crippen LogP contribution in [0.25, 0.3) is 0 Å². The van der Waals surface area contributed by atoms with E-state index in [0.717, 1.165) is 17.8 Å². The summed E-state index contributed by atoms with van der Waals surface area (Å²) in [6.45, 7) is 12.5. The van der Waals surface area contributed by atoms with E-state index in [9.17, 15) is 0 Å². The molecule has 3 heteroatoms. The molecule has 2 aliphatic rings. The first-order valence-electron chi connectivity index (χ1n) is 8.36. The second-order valence-electron chi connectivity index (χ2n) is 8.06. The third kappa shape index (κ3) is 5.20. The lowest BCUT2D eigenvalue weighted by Crippen LogP contribution is -2.33. The summed E-state index contributed by atoms with van der Waals surface area (Å²) in [5.74, 6) is 2.84. The Morgan fingerprint density at radius 2 is 1.65 bits per heavy atom. The Kier molecular flexibility index (Phi) is 7.31. The van der Waals surface area contributed by atoms with Crippen molar-refractivity contribution < 1.29 is 0 Å². The van der Waals surface area contributed by atoms with E-state index in [-0.39, 0.29) is 12.4 Å². The fourth-order valence-corrected chi connectivity index (χ4v) is 4.11. The fraction of sp³-hybridized carbons (Fsp3) is 1.00. The van der Waals surface area contributed by atoms with Crippen molar-refractivity contribution in [3.05, 3.63) is 0 Å². The van der Waals surface area contributed by atoms with Crippen molar-refractivity contribution in [3.8, 4) is 0 Å². The van der Waals surface area contributed by atoms with Crippen molar-refractivity contribution >= 4 is 12.4 Å². The van der Waals surface area contributed by atoms with Crippen molar-refractivity contribution in [2.24, 2.45) is 23.2 Å². The molecule has 0 radical (unpaired) electrons. The summed E-state index contributed by atoms with van der Waals surface area (Å²) in [6.07, 6.45) is 7.26. The molecule has 0 bridgehead atoms. The van der Waals surface area contributed by atoms with Gasteiger partial charge in [-0.1, -0.05) is 20.8 Å². The maximum atomic E-state index is 3.33. The van der Waals surface area contributed by atoms with Gasteiger partial charge in [0.1, 0.15) is 0 Å². The Morgan fingerprint density at radius 1 is 1.00 bits per heavy atom. The Bertz CT molecular complexity index is 267. The monoisotopic (exact) mass is 302 g/mol. The molecular formula is C17H35ClN2. The standard InChI is InChI=1S/C17H34N2.ClH/c1-17(2,3)16-7-5-14(6-8-16)12-19-10-9-15(13-19)11-18-4;/h14-16,18H,5-13H2,1-4H3;1H. The highest BCUT2D eigenvalue weighted by Gasteiger charge is 2.31. The topological polar surface area (TPSA) is 15.3 Å². The van der Waals surface area contributed by atoms with Crippen LogP contribution in [0.3, 0.4) is 0 Å².